The highest BCUT2D eigenvalue weighted by molar-refractivity contribution is 5.54. The van der Waals surface area contributed by atoms with Crippen molar-refractivity contribution in [1.29, 1.82) is 0 Å². The lowest BCUT2D eigenvalue weighted by molar-refractivity contribution is 0.414. The van der Waals surface area contributed by atoms with E-state index in [-0.39, 0.29) is 0 Å². The molecule has 118 valence electrons. The van der Waals surface area contributed by atoms with Gasteiger partial charge in [0.25, 0.3) is 0 Å². The summed E-state index contributed by atoms with van der Waals surface area (Å²) >= 11 is 0. The molecular weight excluding hydrogens is 288 g/mol. The number of methoxy groups -OCH3 is 1. The van der Waals surface area contributed by atoms with Gasteiger partial charge in [-0.25, -0.2) is 0 Å². The Hall–Kier alpha value is -2.69. The van der Waals surface area contributed by atoms with Crippen LogP contribution in [0.4, 0.5) is 0 Å². The van der Waals surface area contributed by atoms with Crippen molar-refractivity contribution in [3.63, 3.8) is 0 Å². The van der Waals surface area contributed by atoms with Gasteiger partial charge < -0.3 is 4.74 Å². The van der Waals surface area contributed by atoms with Crippen LogP contribution in [0.3, 0.4) is 0 Å². The quantitative estimate of drug-likeness (QED) is 0.723. The van der Waals surface area contributed by atoms with E-state index in [4.69, 9.17) is 4.74 Å². The highest BCUT2D eigenvalue weighted by Crippen LogP contribution is 2.19. The van der Waals surface area contributed by atoms with Gasteiger partial charge in [-0.1, -0.05) is 50.2 Å². The zero-order valence-electron chi connectivity index (χ0n) is 13.6. The van der Waals surface area contributed by atoms with Gasteiger partial charge in [0, 0.05) is 5.56 Å². The van der Waals surface area contributed by atoms with Gasteiger partial charge in [0.1, 0.15) is 5.75 Å². The molecule has 0 saturated heterocycles. The van der Waals surface area contributed by atoms with E-state index >= 15 is 0 Å². The predicted octanol–water partition coefficient (Wildman–Crippen LogP) is 3.52. The number of nitrogens with zero attached hydrogens (tertiary/aromatic N) is 4. The fourth-order valence-corrected chi connectivity index (χ4v) is 2.34. The van der Waals surface area contributed by atoms with Gasteiger partial charge in [0.2, 0.25) is 5.82 Å². The van der Waals surface area contributed by atoms with Crippen molar-refractivity contribution in [2.24, 2.45) is 0 Å². The number of hydrogen-bond donors (Lipinski definition) is 0. The summed E-state index contributed by atoms with van der Waals surface area (Å²) in [6.45, 7) is 4.94. The number of tetrazole rings is 1. The number of hydrogen-bond acceptors (Lipinski definition) is 4. The van der Waals surface area contributed by atoms with Gasteiger partial charge in [-0.2, -0.15) is 4.80 Å². The van der Waals surface area contributed by atoms with Crippen molar-refractivity contribution >= 4 is 0 Å². The number of aromatic nitrogens is 4. The van der Waals surface area contributed by atoms with Crippen LogP contribution in [0.2, 0.25) is 0 Å². The normalized spacial score (nSPS) is 11.0. The van der Waals surface area contributed by atoms with E-state index in [1.807, 2.05) is 36.4 Å². The molecule has 1 aromatic heterocycles. The zero-order chi connectivity index (χ0) is 16.2. The highest BCUT2D eigenvalue weighted by atomic mass is 16.5. The summed E-state index contributed by atoms with van der Waals surface area (Å²) in [5.41, 5.74) is 3.39. The second kappa shape index (κ2) is 6.60. The molecular formula is C18H20N4O. The Morgan fingerprint density at radius 1 is 1.00 bits per heavy atom. The lowest BCUT2D eigenvalue weighted by atomic mass is 10.0. The largest absolute Gasteiger partial charge is 0.497 e. The van der Waals surface area contributed by atoms with Crippen molar-refractivity contribution in [2.45, 2.75) is 26.3 Å². The molecule has 2 aromatic carbocycles. The average Bonchev–Trinajstić information content (AvgIpc) is 3.04. The summed E-state index contributed by atoms with van der Waals surface area (Å²) in [6, 6.07) is 16.2. The molecule has 0 aliphatic heterocycles. The van der Waals surface area contributed by atoms with E-state index < -0.39 is 0 Å². The summed E-state index contributed by atoms with van der Waals surface area (Å²) < 4.78 is 5.16. The van der Waals surface area contributed by atoms with Crippen LogP contribution in [-0.4, -0.2) is 27.3 Å². The zero-order valence-corrected chi connectivity index (χ0v) is 13.6. The van der Waals surface area contributed by atoms with Gasteiger partial charge in [0.15, 0.2) is 0 Å². The molecule has 0 unspecified atom stereocenters. The first kappa shape index (κ1) is 15.2. The Labute approximate surface area is 135 Å². The predicted molar refractivity (Wildman–Crippen MR) is 89.4 cm³/mol. The highest BCUT2D eigenvalue weighted by Gasteiger charge is 2.07. The fourth-order valence-electron chi connectivity index (χ4n) is 2.34. The molecule has 3 rings (SSSR count). The smallest absolute Gasteiger partial charge is 0.204 e. The maximum atomic E-state index is 5.16. The third-order valence-electron chi connectivity index (χ3n) is 3.77. The average molecular weight is 308 g/mol. The lowest BCUT2D eigenvalue weighted by Gasteiger charge is -2.04. The SMILES string of the molecule is COc1ccc(Cn2nnc(-c3ccc(C(C)C)cc3)n2)cc1. The number of ether oxygens (including phenoxy) is 1. The maximum absolute atomic E-state index is 5.16. The van der Waals surface area contributed by atoms with Crippen LogP contribution in [0.5, 0.6) is 5.75 Å². The molecule has 0 aliphatic rings. The van der Waals surface area contributed by atoms with E-state index in [1.54, 1.807) is 11.9 Å². The van der Waals surface area contributed by atoms with E-state index in [0.717, 1.165) is 16.9 Å². The van der Waals surface area contributed by atoms with Crippen molar-refractivity contribution < 1.29 is 4.74 Å². The molecule has 0 bridgehead atoms. The molecule has 0 amide bonds. The van der Waals surface area contributed by atoms with Gasteiger partial charge in [-0.3, -0.25) is 0 Å². The first-order valence-corrected chi connectivity index (χ1v) is 7.67. The minimum atomic E-state index is 0.516. The van der Waals surface area contributed by atoms with Gasteiger partial charge in [0.05, 0.1) is 13.7 Å². The third kappa shape index (κ3) is 3.56. The molecule has 0 fully saturated rings. The summed E-state index contributed by atoms with van der Waals surface area (Å²) in [7, 11) is 1.66. The van der Waals surface area contributed by atoms with E-state index in [1.165, 1.54) is 5.56 Å². The first-order valence-electron chi connectivity index (χ1n) is 7.67. The molecule has 3 aromatic rings. The van der Waals surface area contributed by atoms with Crippen LogP contribution in [-0.2, 0) is 6.54 Å². The van der Waals surface area contributed by atoms with Gasteiger partial charge in [-0.15, -0.1) is 10.2 Å². The Balaban J connectivity index is 1.74. The summed E-state index contributed by atoms with van der Waals surface area (Å²) in [5.74, 6) is 2.00. The molecule has 0 saturated carbocycles. The lowest BCUT2D eigenvalue weighted by Crippen LogP contribution is -2.04. The molecule has 0 atom stereocenters. The molecule has 0 spiro atoms. The van der Waals surface area contributed by atoms with Crippen molar-refractivity contribution in [3.8, 4) is 17.1 Å². The molecule has 0 aliphatic carbocycles. The van der Waals surface area contributed by atoms with Crippen molar-refractivity contribution in [2.75, 3.05) is 7.11 Å². The number of rotatable bonds is 5. The number of benzene rings is 2. The Morgan fingerprint density at radius 3 is 2.30 bits per heavy atom. The van der Waals surface area contributed by atoms with Gasteiger partial charge >= 0.3 is 0 Å². The molecule has 23 heavy (non-hydrogen) atoms. The van der Waals surface area contributed by atoms with Crippen LogP contribution < -0.4 is 4.74 Å². The summed E-state index contributed by atoms with van der Waals surface area (Å²) in [6.07, 6.45) is 0. The van der Waals surface area contributed by atoms with Crippen LogP contribution in [0.25, 0.3) is 11.4 Å². The summed E-state index contributed by atoms with van der Waals surface area (Å²) in [4.78, 5) is 1.60. The fraction of sp³-hybridized carbons (Fsp3) is 0.278. The first-order chi connectivity index (χ1) is 11.2. The van der Waals surface area contributed by atoms with Crippen LogP contribution in [0.1, 0.15) is 30.9 Å². The van der Waals surface area contributed by atoms with Gasteiger partial charge in [-0.05, 0) is 34.4 Å². The minimum absolute atomic E-state index is 0.516. The summed E-state index contributed by atoms with van der Waals surface area (Å²) in [5, 5.41) is 12.7. The molecule has 5 heteroatoms. The topological polar surface area (TPSA) is 52.8 Å². The molecule has 0 N–H and O–H groups in total. The van der Waals surface area contributed by atoms with E-state index in [9.17, 15) is 0 Å². The minimum Gasteiger partial charge on any atom is -0.497 e. The maximum Gasteiger partial charge on any atom is 0.204 e. The van der Waals surface area contributed by atoms with E-state index in [2.05, 4.69) is 41.4 Å². The molecule has 0 radical (unpaired) electrons. The standard InChI is InChI=1S/C18H20N4O/c1-13(2)15-6-8-16(9-7-15)18-19-21-22(20-18)12-14-4-10-17(23-3)11-5-14/h4-11,13H,12H2,1-3H3. The van der Waals surface area contributed by atoms with Crippen LogP contribution in [0, 0.1) is 0 Å². The second-order valence-electron chi connectivity index (χ2n) is 5.77. The van der Waals surface area contributed by atoms with Crippen molar-refractivity contribution in [1.82, 2.24) is 20.2 Å². The Morgan fingerprint density at radius 2 is 1.70 bits per heavy atom. The van der Waals surface area contributed by atoms with E-state index in [0.29, 0.717) is 18.3 Å². The molecule has 1 heterocycles. The third-order valence-corrected chi connectivity index (χ3v) is 3.77. The second-order valence-corrected chi connectivity index (χ2v) is 5.77. The Kier molecular flexibility index (Phi) is 4.37. The van der Waals surface area contributed by atoms with Crippen LogP contribution >= 0.6 is 0 Å². The Bertz CT molecular complexity index is 760. The molecule has 5 nitrogen and oxygen atoms in total. The van der Waals surface area contributed by atoms with Crippen molar-refractivity contribution in [3.05, 3.63) is 59.7 Å². The van der Waals surface area contributed by atoms with Crippen LogP contribution in [0.15, 0.2) is 48.5 Å². The monoisotopic (exact) mass is 308 g/mol.